The molecule has 19 heavy (non-hydrogen) atoms. The zero-order valence-electron chi connectivity index (χ0n) is 9.81. The summed E-state index contributed by atoms with van der Waals surface area (Å²) >= 11 is 0. The maximum Gasteiger partial charge on any atom is 0.525 e. The maximum absolute atomic E-state index is 9.92. The molecule has 0 rings (SSSR count). The van der Waals surface area contributed by atoms with Crippen molar-refractivity contribution < 1.29 is 38.7 Å². The maximum atomic E-state index is 9.92. The van der Waals surface area contributed by atoms with Crippen molar-refractivity contribution in [3.63, 3.8) is 0 Å². The second-order valence-corrected chi connectivity index (χ2v) is 4.11. The van der Waals surface area contributed by atoms with Crippen LogP contribution in [0, 0.1) is 5.41 Å². The molecule has 0 aromatic heterocycles. The molecule has 11 nitrogen and oxygen atoms in total. The van der Waals surface area contributed by atoms with E-state index in [1.807, 2.05) is 0 Å². The summed E-state index contributed by atoms with van der Waals surface area (Å²) in [6, 6.07) is 0. The van der Waals surface area contributed by atoms with Crippen LogP contribution in [0.4, 0.5) is 0 Å². The number of likely N-dealkylation sites (N-methyl/N-ethyl adjacent to an activating group) is 1. The van der Waals surface area contributed by atoms with E-state index in [9.17, 15) is 14.2 Å². The van der Waals surface area contributed by atoms with E-state index >= 15 is 0 Å². The fraction of sp³-hybridized carbons (Fsp3) is 0.286. The van der Waals surface area contributed by atoms with Gasteiger partial charge in [-0.05, 0) is 6.58 Å². The van der Waals surface area contributed by atoms with Crippen LogP contribution in [0.3, 0.4) is 0 Å². The van der Waals surface area contributed by atoms with Crippen LogP contribution in [0.1, 0.15) is 0 Å². The third-order valence-corrected chi connectivity index (χ3v) is 1.71. The van der Waals surface area contributed by atoms with Crippen LogP contribution in [-0.2, 0) is 18.7 Å². The summed E-state index contributed by atoms with van der Waals surface area (Å²) in [6.45, 7) is 2.50. The Morgan fingerprint density at radius 3 is 1.95 bits per heavy atom. The Morgan fingerprint density at radius 2 is 1.84 bits per heavy atom. The van der Waals surface area contributed by atoms with Crippen LogP contribution < -0.4 is 5.73 Å². The number of nitrogens with zero attached hydrogens (tertiary/aromatic N) is 1. The minimum absolute atomic E-state index is 0.227. The van der Waals surface area contributed by atoms with Crippen molar-refractivity contribution in [1.82, 2.24) is 4.90 Å². The lowest BCUT2D eigenvalue weighted by atomic mass is 10.6. The fourth-order valence-electron chi connectivity index (χ4n) is 0.471. The number of carboxylic acids is 2. The fourth-order valence-corrected chi connectivity index (χ4v) is 0.836. The second-order valence-electron chi connectivity index (χ2n) is 2.95. The normalized spacial score (nSPS) is 9.63. The molecule has 0 amide bonds. The van der Waals surface area contributed by atoms with Crippen molar-refractivity contribution in [3.05, 3.63) is 12.3 Å². The standard InChI is InChI=1S/C4H9N3O2.C3H5O6P/c1-7(4(5)6)2-3(8)9;1-2(3(4)5)9-10(6,7)8/h2H2,1H3,(H3,5,6)(H,8,9);1H2,(H,4,5)(H2,6,7,8). The number of rotatable bonds is 5. The van der Waals surface area contributed by atoms with E-state index in [1.165, 1.54) is 7.05 Å². The van der Waals surface area contributed by atoms with Gasteiger partial charge in [-0.25, -0.2) is 9.36 Å². The third kappa shape index (κ3) is 13.8. The van der Waals surface area contributed by atoms with Gasteiger partial charge in [0.1, 0.15) is 6.54 Å². The number of nitrogens with one attached hydrogen (secondary N) is 1. The molecule has 0 atom stereocenters. The van der Waals surface area contributed by atoms with E-state index in [1.54, 1.807) is 0 Å². The number of nitrogens with two attached hydrogens (primary N) is 1. The van der Waals surface area contributed by atoms with E-state index in [0.717, 1.165) is 4.90 Å². The van der Waals surface area contributed by atoms with E-state index in [-0.39, 0.29) is 12.5 Å². The van der Waals surface area contributed by atoms with Gasteiger partial charge in [-0.2, -0.15) is 0 Å². The highest BCUT2D eigenvalue weighted by Crippen LogP contribution is 2.38. The van der Waals surface area contributed by atoms with Crippen LogP contribution >= 0.6 is 7.82 Å². The Hall–Kier alpha value is -2.10. The highest BCUT2D eigenvalue weighted by atomic mass is 31.2. The Kier molecular flexibility index (Phi) is 8.19. The average molecular weight is 299 g/mol. The molecule has 0 spiro atoms. The minimum atomic E-state index is -4.76. The molecule has 110 valence electrons. The van der Waals surface area contributed by atoms with Gasteiger partial charge in [0, 0.05) is 7.05 Å². The summed E-state index contributed by atoms with van der Waals surface area (Å²) in [5.41, 5.74) is 4.93. The summed E-state index contributed by atoms with van der Waals surface area (Å²) in [7, 11) is -3.32. The van der Waals surface area contributed by atoms with Gasteiger partial charge in [0.15, 0.2) is 5.96 Å². The summed E-state index contributed by atoms with van der Waals surface area (Å²) in [5, 5.41) is 22.9. The number of guanidine groups is 1. The van der Waals surface area contributed by atoms with E-state index in [4.69, 9.17) is 31.1 Å². The van der Waals surface area contributed by atoms with Gasteiger partial charge in [-0.1, -0.05) is 0 Å². The zero-order valence-corrected chi connectivity index (χ0v) is 10.7. The van der Waals surface area contributed by atoms with Crippen molar-refractivity contribution in [1.29, 1.82) is 5.41 Å². The molecular formula is C7H14N3O8P. The topological polar surface area (TPSA) is 194 Å². The van der Waals surface area contributed by atoms with Crippen molar-refractivity contribution in [2.75, 3.05) is 13.6 Å². The number of hydrogen-bond acceptors (Lipinski definition) is 5. The van der Waals surface area contributed by atoms with Crippen LogP contribution in [0.2, 0.25) is 0 Å². The van der Waals surface area contributed by atoms with E-state index in [0.29, 0.717) is 0 Å². The number of carboxylic acid groups (broad SMARTS) is 2. The van der Waals surface area contributed by atoms with Crippen molar-refractivity contribution in [2.24, 2.45) is 5.73 Å². The monoisotopic (exact) mass is 299 g/mol. The summed E-state index contributed by atoms with van der Waals surface area (Å²) < 4.78 is 13.5. The first-order valence-corrected chi connectivity index (χ1v) is 5.84. The molecule has 0 bridgehead atoms. The first-order valence-electron chi connectivity index (χ1n) is 4.31. The van der Waals surface area contributed by atoms with Gasteiger partial charge >= 0.3 is 19.8 Å². The molecule has 0 aliphatic carbocycles. The minimum Gasteiger partial charge on any atom is -0.480 e. The summed E-state index contributed by atoms with van der Waals surface area (Å²) in [5.74, 6) is -3.82. The Balaban J connectivity index is 0. The number of phosphoric ester groups is 1. The first-order chi connectivity index (χ1) is 8.36. The molecule has 0 unspecified atom stereocenters. The predicted molar refractivity (Wildman–Crippen MR) is 62.1 cm³/mol. The number of aliphatic carboxylic acids is 2. The van der Waals surface area contributed by atoms with Gasteiger partial charge in [-0.15, -0.1) is 0 Å². The lowest BCUT2D eigenvalue weighted by Gasteiger charge is -2.12. The summed E-state index contributed by atoms with van der Waals surface area (Å²) in [4.78, 5) is 36.9. The molecule has 0 aromatic rings. The van der Waals surface area contributed by atoms with Crippen LogP contribution in [-0.4, -0.2) is 56.4 Å². The molecule has 0 aliphatic rings. The Bertz CT molecular complexity index is 417. The van der Waals surface area contributed by atoms with E-state index in [2.05, 4.69) is 11.1 Å². The highest BCUT2D eigenvalue weighted by Gasteiger charge is 2.19. The zero-order chi connectivity index (χ0) is 15.8. The molecule has 0 fully saturated rings. The first kappa shape index (κ1) is 19.2. The van der Waals surface area contributed by atoms with Crippen LogP contribution in [0.15, 0.2) is 12.3 Å². The molecule has 0 saturated heterocycles. The lowest BCUT2D eigenvalue weighted by molar-refractivity contribution is -0.137. The van der Waals surface area contributed by atoms with Gasteiger partial charge in [0.05, 0.1) is 0 Å². The second kappa shape index (κ2) is 8.08. The molecule has 0 aliphatic heterocycles. The Morgan fingerprint density at radius 1 is 1.42 bits per heavy atom. The molecule has 0 radical (unpaired) electrons. The van der Waals surface area contributed by atoms with Crippen LogP contribution in [0.25, 0.3) is 0 Å². The van der Waals surface area contributed by atoms with Gasteiger partial charge in [0.25, 0.3) is 0 Å². The number of carbonyl (C=O) groups is 2. The predicted octanol–water partition coefficient (Wildman–Crippen LogP) is -1.41. The highest BCUT2D eigenvalue weighted by molar-refractivity contribution is 7.46. The van der Waals surface area contributed by atoms with E-state index < -0.39 is 25.5 Å². The quantitative estimate of drug-likeness (QED) is 0.115. The smallest absolute Gasteiger partial charge is 0.480 e. The summed E-state index contributed by atoms with van der Waals surface area (Å²) in [6.07, 6.45) is 0. The lowest BCUT2D eigenvalue weighted by Crippen LogP contribution is -2.36. The van der Waals surface area contributed by atoms with Crippen molar-refractivity contribution >= 4 is 25.7 Å². The third-order valence-electron chi connectivity index (χ3n) is 1.25. The van der Waals surface area contributed by atoms with Crippen molar-refractivity contribution in [3.8, 4) is 0 Å². The van der Waals surface area contributed by atoms with Gasteiger partial charge < -0.3 is 25.4 Å². The molecule has 12 heteroatoms. The number of hydrogen-bond donors (Lipinski definition) is 6. The SMILES string of the molecule is C=C(OP(=O)(O)O)C(=O)O.CN(CC(=O)O)C(=N)N. The van der Waals surface area contributed by atoms with Crippen molar-refractivity contribution in [2.45, 2.75) is 0 Å². The molecule has 0 heterocycles. The molecule has 0 saturated carbocycles. The molecular weight excluding hydrogens is 285 g/mol. The molecule has 0 aromatic carbocycles. The average Bonchev–Trinajstić information content (AvgIpc) is 2.14. The van der Waals surface area contributed by atoms with Gasteiger partial charge in [-0.3, -0.25) is 20.0 Å². The molecule has 7 N–H and O–H groups in total. The van der Waals surface area contributed by atoms with Crippen LogP contribution in [0.5, 0.6) is 0 Å². The largest absolute Gasteiger partial charge is 0.525 e. The number of phosphoric acid groups is 1. The van der Waals surface area contributed by atoms with Gasteiger partial charge in [0.2, 0.25) is 5.76 Å². The Labute approximate surface area is 107 Å².